The minimum atomic E-state index is -3.05. The van der Waals surface area contributed by atoms with Gasteiger partial charge in [-0.05, 0) is 42.7 Å². The molecule has 1 aliphatic heterocycles. The standard InChI is InChI=1S/C19H21FN4O2S.CH2O2/c1-27(25,26)12-13-2-5-18(21-11-13)24-8-6-14(7-9-24)19-22-16-4-3-15(20)10-17(16)23-19;2-1-3/h2-5,10-11,14H,6-9,12H2,1H3,(H,22,23);1H,(H,2,3). The molecule has 160 valence electrons. The molecule has 3 heterocycles. The van der Waals surface area contributed by atoms with Crippen molar-refractivity contribution in [2.45, 2.75) is 24.5 Å². The lowest BCUT2D eigenvalue weighted by molar-refractivity contribution is -0.122. The number of hydrogen-bond donors (Lipinski definition) is 2. The zero-order chi connectivity index (χ0) is 21.7. The number of nitrogens with zero attached hydrogens (tertiary/aromatic N) is 3. The van der Waals surface area contributed by atoms with E-state index in [1.807, 2.05) is 12.1 Å². The van der Waals surface area contributed by atoms with Crippen LogP contribution in [0.5, 0.6) is 0 Å². The molecule has 3 aromatic rings. The highest BCUT2D eigenvalue weighted by Gasteiger charge is 2.24. The maximum atomic E-state index is 13.4. The SMILES string of the molecule is CS(=O)(=O)Cc1ccc(N2CCC(c3nc4ccc(F)cc4[nH]3)CC2)nc1.O=CO. The molecule has 0 amide bonds. The number of nitrogens with one attached hydrogen (secondary N) is 1. The summed E-state index contributed by atoms with van der Waals surface area (Å²) in [5, 5.41) is 6.89. The van der Waals surface area contributed by atoms with Gasteiger partial charge in [0.05, 0.1) is 16.8 Å². The van der Waals surface area contributed by atoms with Crippen molar-refractivity contribution in [3.05, 3.63) is 53.7 Å². The predicted octanol–water partition coefficient (Wildman–Crippen LogP) is 2.73. The fraction of sp³-hybridized carbons (Fsp3) is 0.350. The first-order valence-electron chi connectivity index (χ1n) is 9.39. The molecule has 2 aromatic heterocycles. The van der Waals surface area contributed by atoms with Crippen LogP contribution in [0.3, 0.4) is 0 Å². The Balaban J connectivity index is 0.000000806. The van der Waals surface area contributed by atoms with Crippen LogP contribution in [-0.2, 0) is 20.4 Å². The molecule has 1 saturated heterocycles. The summed E-state index contributed by atoms with van der Waals surface area (Å²) in [4.78, 5) is 22.8. The van der Waals surface area contributed by atoms with Crippen molar-refractivity contribution in [2.24, 2.45) is 0 Å². The van der Waals surface area contributed by atoms with E-state index < -0.39 is 9.84 Å². The molecule has 0 aliphatic carbocycles. The van der Waals surface area contributed by atoms with Crippen LogP contribution in [0.1, 0.15) is 30.1 Å². The Morgan fingerprint density at radius 3 is 2.57 bits per heavy atom. The quantitative estimate of drug-likeness (QED) is 0.607. The molecular weight excluding hydrogens is 411 g/mol. The maximum Gasteiger partial charge on any atom is 0.290 e. The normalized spacial score (nSPS) is 14.9. The van der Waals surface area contributed by atoms with Crippen molar-refractivity contribution in [3.8, 4) is 0 Å². The first kappa shape index (κ1) is 21.7. The van der Waals surface area contributed by atoms with Gasteiger partial charge in [-0.2, -0.15) is 0 Å². The number of aromatic amines is 1. The Kier molecular flexibility index (Phi) is 6.66. The van der Waals surface area contributed by atoms with E-state index in [1.54, 1.807) is 12.3 Å². The fourth-order valence-corrected chi connectivity index (χ4v) is 4.35. The molecule has 1 aromatic carbocycles. The van der Waals surface area contributed by atoms with Crippen LogP contribution in [0, 0.1) is 5.82 Å². The smallest absolute Gasteiger partial charge is 0.290 e. The lowest BCUT2D eigenvalue weighted by atomic mass is 9.96. The van der Waals surface area contributed by atoms with Gasteiger partial charge in [0.1, 0.15) is 17.5 Å². The molecule has 8 nitrogen and oxygen atoms in total. The van der Waals surface area contributed by atoms with Crippen molar-refractivity contribution in [3.63, 3.8) is 0 Å². The Hall–Kier alpha value is -3.01. The van der Waals surface area contributed by atoms with Crippen LogP contribution >= 0.6 is 0 Å². The number of fused-ring (bicyclic) bond motifs is 1. The summed E-state index contributed by atoms with van der Waals surface area (Å²) < 4.78 is 36.1. The van der Waals surface area contributed by atoms with Gasteiger partial charge in [-0.25, -0.2) is 22.8 Å². The average molecular weight is 434 g/mol. The second kappa shape index (κ2) is 9.21. The number of anilines is 1. The molecule has 0 bridgehead atoms. The number of benzene rings is 1. The Morgan fingerprint density at radius 1 is 1.27 bits per heavy atom. The summed E-state index contributed by atoms with van der Waals surface area (Å²) in [7, 11) is -3.05. The highest BCUT2D eigenvalue weighted by atomic mass is 32.2. The summed E-state index contributed by atoms with van der Waals surface area (Å²) in [5.41, 5.74) is 2.22. The first-order chi connectivity index (χ1) is 14.3. The van der Waals surface area contributed by atoms with Crippen LogP contribution in [0.4, 0.5) is 10.2 Å². The molecule has 0 unspecified atom stereocenters. The molecule has 10 heteroatoms. The largest absolute Gasteiger partial charge is 0.483 e. The van der Waals surface area contributed by atoms with Crippen molar-refractivity contribution in [1.29, 1.82) is 0 Å². The minimum absolute atomic E-state index is 0.00893. The van der Waals surface area contributed by atoms with E-state index in [-0.39, 0.29) is 18.0 Å². The summed E-state index contributed by atoms with van der Waals surface area (Å²) in [6.07, 6.45) is 4.71. The van der Waals surface area contributed by atoms with Crippen molar-refractivity contribution >= 4 is 33.2 Å². The van der Waals surface area contributed by atoms with Crippen LogP contribution in [0.15, 0.2) is 36.5 Å². The molecular formula is C20H23FN4O4S. The van der Waals surface area contributed by atoms with E-state index in [4.69, 9.17) is 9.90 Å². The summed E-state index contributed by atoms with van der Waals surface area (Å²) in [6, 6.07) is 8.30. The molecule has 30 heavy (non-hydrogen) atoms. The summed E-state index contributed by atoms with van der Waals surface area (Å²) in [5.74, 6) is 1.82. The van der Waals surface area contributed by atoms with Gasteiger partial charge in [0.15, 0.2) is 9.84 Å². The third kappa shape index (κ3) is 5.53. The number of carboxylic acid groups (broad SMARTS) is 1. The number of halogens is 1. The van der Waals surface area contributed by atoms with Crippen LogP contribution in [-0.4, -0.2) is 54.3 Å². The zero-order valence-electron chi connectivity index (χ0n) is 16.5. The molecule has 0 atom stereocenters. The zero-order valence-corrected chi connectivity index (χ0v) is 17.3. The molecule has 1 fully saturated rings. The topological polar surface area (TPSA) is 116 Å². The third-order valence-corrected chi connectivity index (χ3v) is 5.76. The summed E-state index contributed by atoms with van der Waals surface area (Å²) >= 11 is 0. The first-order valence-corrected chi connectivity index (χ1v) is 11.5. The number of sulfone groups is 1. The lowest BCUT2D eigenvalue weighted by Crippen LogP contribution is -2.33. The number of rotatable bonds is 4. The number of aromatic nitrogens is 3. The molecule has 1 aliphatic rings. The van der Waals surface area contributed by atoms with Gasteiger partial charge in [-0.1, -0.05) is 6.07 Å². The van der Waals surface area contributed by atoms with Crippen molar-refractivity contribution in [1.82, 2.24) is 15.0 Å². The molecule has 2 N–H and O–H groups in total. The second-order valence-electron chi connectivity index (χ2n) is 7.24. The monoisotopic (exact) mass is 434 g/mol. The number of hydrogen-bond acceptors (Lipinski definition) is 6. The third-order valence-electron chi connectivity index (χ3n) is 4.91. The highest BCUT2D eigenvalue weighted by molar-refractivity contribution is 7.89. The van der Waals surface area contributed by atoms with Gasteiger partial charge in [0, 0.05) is 31.5 Å². The molecule has 4 rings (SSSR count). The van der Waals surface area contributed by atoms with Gasteiger partial charge < -0.3 is 15.0 Å². The van der Waals surface area contributed by atoms with Gasteiger partial charge >= 0.3 is 0 Å². The number of carbonyl (C=O) groups is 1. The van der Waals surface area contributed by atoms with Crippen molar-refractivity contribution < 1.29 is 22.7 Å². The minimum Gasteiger partial charge on any atom is -0.483 e. The van der Waals surface area contributed by atoms with E-state index in [0.29, 0.717) is 11.5 Å². The lowest BCUT2D eigenvalue weighted by Gasteiger charge is -2.32. The average Bonchev–Trinajstić information content (AvgIpc) is 3.11. The van der Waals surface area contributed by atoms with Crippen molar-refractivity contribution in [2.75, 3.05) is 24.2 Å². The highest BCUT2D eigenvalue weighted by Crippen LogP contribution is 2.29. The van der Waals surface area contributed by atoms with E-state index in [0.717, 1.165) is 48.6 Å². The number of pyridine rings is 1. The van der Waals surface area contributed by atoms with E-state index in [9.17, 15) is 12.8 Å². The number of imidazole rings is 1. The Bertz CT molecular complexity index is 1110. The van der Waals surface area contributed by atoms with E-state index >= 15 is 0 Å². The van der Waals surface area contributed by atoms with E-state index in [2.05, 4.69) is 19.9 Å². The molecule has 0 saturated carbocycles. The molecule has 0 radical (unpaired) electrons. The van der Waals surface area contributed by atoms with Gasteiger partial charge in [-0.3, -0.25) is 4.79 Å². The Labute approximate surface area is 173 Å². The molecule has 0 spiro atoms. The summed E-state index contributed by atoms with van der Waals surface area (Å²) in [6.45, 7) is 1.43. The van der Waals surface area contributed by atoms with Crippen LogP contribution in [0.25, 0.3) is 11.0 Å². The van der Waals surface area contributed by atoms with Gasteiger partial charge in [0.25, 0.3) is 6.47 Å². The van der Waals surface area contributed by atoms with E-state index in [1.165, 1.54) is 18.4 Å². The number of H-pyrrole nitrogens is 1. The maximum absolute atomic E-state index is 13.4. The Morgan fingerprint density at radius 2 is 1.97 bits per heavy atom. The second-order valence-corrected chi connectivity index (χ2v) is 9.39. The fourth-order valence-electron chi connectivity index (χ4n) is 3.57. The number of piperidine rings is 1. The predicted molar refractivity (Wildman–Crippen MR) is 112 cm³/mol. The van der Waals surface area contributed by atoms with Crippen LogP contribution in [0.2, 0.25) is 0 Å². The van der Waals surface area contributed by atoms with Crippen LogP contribution < -0.4 is 4.90 Å². The van der Waals surface area contributed by atoms with Gasteiger partial charge in [0.2, 0.25) is 0 Å². The van der Waals surface area contributed by atoms with Gasteiger partial charge in [-0.15, -0.1) is 0 Å².